The Morgan fingerprint density at radius 1 is 0.974 bits per heavy atom. The number of para-hydroxylation sites is 2. The van der Waals surface area contributed by atoms with Crippen molar-refractivity contribution in [3.05, 3.63) is 83.9 Å². The summed E-state index contributed by atoms with van der Waals surface area (Å²) >= 11 is 0. The minimum Gasteiger partial charge on any atom is -0.495 e. The molecule has 39 heavy (non-hydrogen) atoms. The average molecular weight is 550 g/mol. The first kappa shape index (κ1) is 26.7. The maximum Gasteiger partial charge on any atom is 0.263 e. The molecule has 2 aliphatic heterocycles. The Morgan fingerprint density at radius 3 is 2.44 bits per heavy atom. The van der Waals surface area contributed by atoms with Crippen LogP contribution < -0.4 is 19.7 Å². The van der Waals surface area contributed by atoms with Crippen molar-refractivity contribution in [3.8, 4) is 11.5 Å². The van der Waals surface area contributed by atoms with Crippen molar-refractivity contribution in [3.63, 3.8) is 0 Å². The largest absolute Gasteiger partial charge is 0.495 e. The molecule has 0 aromatic heterocycles. The van der Waals surface area contributed by atoms with E-state index in [4.69, 9.17) is 9.47 Å². The molecule has 3 aromatic carbocycles. The molecule has 3 aromatic rings. The van der Waals surface area contributed by atoms with Gasteiger partial charge in [-0.1, -0.05) is 48.9 Å². The number of fused-ring (bicyclic) bond motifs is 1. The lowest BCUT2D eigenvalue weighted by Gasteiger charge is -2.34. The van der Waals surface area contributed by atoms with E-state index >= 15 is 0 Å². The number of ether oxygens (including phenoxy) is 2. The van der Waals surface area contributed by atoms with E-state index in [1.54, 1.807) is 30.3 Å². The molecule has 0 radical (unpaired) electrons. The monoisotopic (exact) mass is 549 g/mol. The highest BCUT2D eigenvalue weighted by Crippen LogP contribution is 2.35. The number of sulfonamides is 1. The molecular formula is C29H31N3O6S. The fourth-order valence-corrected chi connectivity index (χ4v) is 6.57. The molecule has 1 fully saturated rings. The van der Waals surface area contributed by atoms with Gasteiger partial charge in [0.15, 0.2) is 6.10 Å². The molecule has 5 rings (SSSR count). The second kappa shape index (κ2) is 11.5. The maximum atomic E-state index is 13.9. The van der Waals surface area contributed by atoms with Gasteiger partial charge in [-0.15, -0.1) is 0 Å². The first-order valence-corrected chi connectivity index (χ1v) is 14.4. The summed E-state index contributed by atoms with van der Waals surface area (Å²) in [6.07, 6.45) is 1.62. The lowest BCUT2D eigenvalue weighted by Crippen LogP contribution is -2.50. The van der Waals surface area contributed by atoms with Crippen LogP contribution in [0, 0.1) is 0 Å². The molecule has 1 atom stereocenters. The smallest absolute Gasteiger partial charge is 0.263 e. The fraction of sp³-hybridized carbons (Fsp3) is 0.310. The Balaban J connectivity index is 1.42. The minimum absolute atomic E-state index is 0.0310. The first-order valence-electron chi connectivity index (χ1n) is 13.0. The van der Waals surface area contributed by atoms with Crippen LogP contribution in [0.15, 0.2) is 77.7 Å². The molecule has 10 heteroatoms. The molecular weight excluding hydrogens is 518 g/mol. The lowest BCUT2D eigenvalue weighted by molar-refractivity contribution is -0.128. The Kier molecular flexibility index (Phi) is 7.85. The number of nitrogens with zero attached hydrogens (tertiary/aromatic N) is 2. The molecule has 0 spiro atoms. The standard InChI is InChI=1S/C29H31N3O6S/c1-37-25-15-14-22(18-27(25)39(35,36)31-16-8-3-9-17-31)29(34)32-20-26(38-24-13-7-6-12-23(24)32)28(33)30-19-21-10-4-2-5-11-21/h2,4-7,10-15,18,26H,3,8-9,16-17,19-20H2,1H3,(H,30,33)/t26-/m1/s1. The van der Waals surface area contributed by atoms with Gasteiger partial charge in [-0.2, -0.15) is 4.31 Å². The molecule has 0 bridgehead atoms. The van der Waals surface area contributed by atoms with Gasteiger partial charge in [-0.3, -0.25) is 9.59 Å². The number of carbonyl (C=O) groups excluding carboxylic acids is 2. The highest BCUT2D eigenvalue weighted by molar-refractivity contribution is 7.89. The number of carbonyl (C=O) groups is 2. The van der Waals surface area contributed by atoms with Gasteiger partial charge >= 0.3 is 0 Å². The molecule has 2 aliphatic rings. The summed E-state index contributed by atoms with van der Waals surface area (Å²) in [7, 11) is -2.46. The zero-order chi connectivity index (χ0) is 27.4. The van der Waals surface area contributed by atoms with Crippen LogP contribution >= 0.6 is 0 Å². The summed E-state index contributed by atoms with van der Waals surface area (Å²) in [5.41, 5.74) is 1.62. The zero-order valence-corrected chi connectivity index (χ0v) is 22.5. The predicted molar refractivity (Wildman–Crippen MR) is 146 cm³/mol. The molecule has 0 unspecified atom stereocenters. The average Bonchev–Trinajstić information content (AvgIpc) is 2.99. The molecule has 1 saturated heterocycles. The SMILES string of the molecule is COc1ccc(C(=O)N2C[C@H](C(=O)NCc3ccccc3)Oc3ccccc32)cc1S(=O)(=O)N1CCCCC1. The van der Waals surface area contributed by atoms with E-state index in [-0.39, 0.29) is 28.7 Å². The van der Waals surface area contributed by atoms with Crippen LogP contribution in [0.5, 0.6) is 11.5 Å². The van der Waals surface area contributed by atoms with Crippen molar-refractivity contribution < 1.29 is 27.5 Å². The van der Waals surface area contributed by atoms with Crippen molar-refractivity contribution in [1.29, 1.82) is 0 Å². The Bertz CT molecular complexity index is 1450. The van der Waals surface area contributed by atoms with Crippen molar-refractivity contribution in [2.45, 2.75) is 36.8 Å². The van der Waals surface area contributed by atoms with Crippen LogP contribution in [0.25, 0.3) is 0 Å². The van der Waals surface area contributed by atoms with Gasteiger partial charge in [0.2, 0.25) is 10.0 Å². The van der Waals surface area contributed by atoms with Gasteiger partial charge in [0.25, 0.3) is 11.8 Å². The number of benzene rings is 3. The third kappa shape index (κ3) is 5.62. The molecule has 0 saturated carbocycles. The second-order valence-corrected chi connectivity index (χ2v) is 11.4. The Labute approximate surface area is 228 Å². The molecule has 1 N–H and O–H groups in total. The topological polar surface area (TPSA) is 105 Å². The quantitative estimate of drug-likeness (QED) is 0.483. The zero-order valence-electron chi connectivity index (χ0n) is 21.7. The third-order valence-corrected chi connectivity index (χ3v) is 8.88. The third-order valence-electron chi connectivity index (χ3n) is 6.96. The Morgan fingerprint density at radius 2 is 1.69 bits per heavy atom. The van der Waals surface area contributed by atoms with Gasteiger partial charge in [0.05, 0.1) is 19.3 Å². The number of piperidine rings is 1. The number of hydrogen-bond acceptors (Lipinski definition) is 6. The predicted octanol–water partition coefficient (Wildman–Crippen LogP) is 3.59. The maximum absolute atomic E-state index is 13.9. The van der Waals surface area contributed by atoms with E-state index in [1.807, 2.05) is 30.3 Å². The summed E-state index contributed by atoms with van der Waals surface area (Å²) in [6.45, 7) is 1.16. The molecule has 2 heterocycles. The lowest BCUT2D eigenvalue weighted by atomic mass is 10.1. The van der Waals surface area contributed by atoms with Crippen molar-refractivity contribution >= 4 is 27.5 Å². The second-order valence-electron chi connectivity index (χ2n) is 9.52. The van der Waals surface area contributed by atoms with Gasteiger partial charge in [0.1, 0.15) is 16.4 Å². The number of amides is 2. The highest BCUT2D eigenvalue weighted by atomic mass is 32.2. The van der Waals surface area contributed by atoms with Crippen LogP contribution in [-0.4, -0.2) is 57.4 Å². The van der Waals surface area contributed by atoms with Crippen LogP contribution in [0.1, 0.15) is 35.2 Å². The highest BCUT2D eigenvalue weighted by Gasteiger charge is 2.35. The van der Waals surface area contributed by atoms with E-state index in [2.05, 4.69) is 5.32 Å². The summed E-state index contributed by atoms with van der Waals surface area (Å²) in [5.74, 6) is -0.220. The summed E-state index contributed by atoms with van der Waals surface area (Å²) in [6, 6.07) is 20.9. The van der Waals surface area contributed by atoms with Gasteiger partial charge in [-0.25, -0.2) is 8.42 Å². The van der Waals surface area contributed by atoms with Crippen molar-refractivity contribution in [2.75, 3.05) is 31.6 Å². The summed E-state index contributed by atoms with van der Waals surface area (Å²) in [4.78, 5) is 28.3. The molecule has 0 aliphatic carbocycles. The van der Waals surface area contributed by atoms with E-state index < -0.39 is 22.0 Å². The first-order chi connectivity index (χ1) is 18.9. The van der Waals surface area contributed by atoms with Crippen molar-refractivity contribution in [1.82, 2.24) is 9.62 Å². The van der Waals surface area contributed by atoms with Crippen LogP contribution in [-0.2, 0) is 21.4 Å². The molecule has 9 nitrogen and oxygen atoms in total. The summed E-state index contributed by atoms with van der Waals surface area (Å²) < 4.78 is 39.8. The molecule has 204 valence electrons. The van der Waals surface area contributed by atoms with Gasteiger partial charge < -0.3 is 19.7 Å². The molecule has 2 amide bonds. The van der Waals surface area contributed by atoms with E-state index in [0.717, 1.165) is 24.8 Å². The number of rotatable bonds is 7. The summed E-state index contributed by atoms with van der Waals surface area (Å²) in [5, 5.41) is 2.88. The number of methoxy groups -OCH3 is 1. The number of anilines is 1. The number of nitrogens with one attached hydrogen (secondary N) is 1. The normalized spacial score (nSPS) is 17.6. The van der Waals surface area contributed by atoms with E-state index in [1.165, 1.54) is 28.4 Å². The fourth-order valence-electron chi connectivity index (χ4n) is 4.87. The van der Waals surface area contributed by atoms with Crippen LogP contribution in [0.2, 0.25) is 0 Å². The van der Waals surface area contributed by atoms with Crippen molar-refractivity contribution in [2.24, 2.45) is 0 Å². The minimum atomic E-state index is -3.86. The van der Waals surface area contributed by atoms with Crippen LogP contribution in [0.4, 0.5) is 5.69 Å². The van der Waals surface area contributed by atoms with Crippen LogP contribution in [0.3, 0.4) is 0 Å². The van der Waals surface area contributed by atoms with E-state index in [0.29, 0.717) is 31.1 Å². The Hall–Kier alpha value is -3.89. The van der Waals surface area contributed by atoms with Gasteiger partial charge in [-0.05, 0) is 48.7 Å². The van der Waals surface area contributed by atoms with Gasteiger partial charge in [0, 0.05) is 25.2 Å². The number of hydrogen-bond donors (Lipinski definition) is 1. The van der Waals surface area contributed by atoms with E-state index in [9.17, 15) is 18.0 Å².